The van der Waals surface area contributed by atoms with Gasteiger partial charge in [0.15, 0.2) is 0 Å². The van der Waals surface area contributed by atoms with Crippen LogP contribution >= 0.6 is 11.3 Å². The zero-order chi connectivity index (χ0) is 27.6. The minimum atomic E-state index is -1.84. The van der Waals surface area contributed by atoms with E-state index in [2.05, 4.69) is 4.98 Å². The molecular weight excluding hydrogens is 514 g/mol. The number of aliphatic hydroxyl groups excluding tert-OH is 1. The summed E-state index contributed by atoms with van der Waals surface area (Å²) in [6, 6.07) is 7.18. The van der Waals surface area contributed by atoms with E-state index in [0.29, 0.717) is 33.2 Å². The average molecular weight is 544 g/mol. The zero-order valence-corrected chi connectivity index (χ0v) is 22.3. The van der Waals surface area contributed by atoms with Crippen LogP contribution in [0, 0.1) is 6.92 Å². The number of aromatic nitrogens is 3. The molecule has 0 aliphatic rings. The van der Waals surface area contributed by atoms with Gasteiger partial charge in [0.1, 0.15) is 28.5 Å². The number of oxazole rings is 1. The van der Waals surface area contributed by atoms with E-state index < -0.39 is 28.9 Å². The molecule has 1 aromatic carbocycles. The molecule has 202 valence electrons. The lowest BCUT2D eigenvalue weighted by Crippen LogP contribution is -2.52. The Labute approximate surface area is 221 Å². The minimum absolute atomic E-state index is 0.0195. The van der Waals surface area contributed by atoms with Crippen LogP contribution in [0.1, 0.15) is 38.0 Å². The molecule has 4 aromatic rings. The van der Waals surface area contributed by atoms with Crippen LogP contribution in [0.5, 0.6) is 5.75 Å². The van der Waals surface area contributed by atoms with Crippen molar-refractivity contribution >= 4 is 27.5 Å². The van der Waals surface area contributed by atoms with Gasteiger partial charge in [-0.05, 0) is 39.3 Å². The summed E-state index contributed by atoms with van der Waals surface area (Å²) in [7, 11) is 0. The lowest BCUT2D eigenvalue weighted by atomic mass is 10.1. The molecule has 0 aliphatic carbocycles. The second-order valence-electron chi connectivity index (χ2n) is 9.03. The smallest absolute Gasteiger partial charge is 0.333 e. The first-order valence-electron chi connectivity index (χ1n) is 12.0. The fourth-order valence-corrected chi connectivity index (χ4v) is 5.51. The molecule has 2 N–H and O–H groups in total. The molecule has 0 saturated carbocycles. The van der Waals surface area contributed by atoms with Crippen LogP contribution in [0.4, 0.5) is 0 Å². The van der Waals surface area contributed by atoms with E-state index in [0.717, 1.165) is 15.9 Å². The molecule has 0 bridgehead atoms. The largest absolute Gasteiger partial charge is 0.493 e. The number of carboxylic acids is 1. The Morgan fingerprint density at radius 1 is 1.26 bits per heavy atom. The number of thiophene rings is 1. The lowest BCUT2D eigenvalue weighted by molar-refractivity contribution is -0.146. The second-order valence-corrected chi connectivity index (χ2v) is 10.0. The predicted octanol–water partition coefficient (Wildman–Crippen LogP) is 3.16. The minimum Gasteiger partial charge on any atom is -0.493 e. The molecule has 1 atom stereocenters. The molecule has 12 heteroatoms. The quantitative estimate of drug-likeness (QED) is 0.291. The van der Waals surface area contributed by atoms with Crippen LogP contribution in [-0.4, -0.2) is 50.1 Å². The number of benzene rings is 1. The van der Waals surface area contributed by atoms with E-state index in [1.165, 1.54) is 30.9 Å². The van der Waals surface area contributed by atoms with Crippen molar-refractivity contribution in [1.29, 1.82) is 0 Å². The molecule has 3 heterocycles. The number of carbonyl (C=O) groups is 1. The van der Waals surface area contributed by atoms with Crippen LogP contribution in [0.2, 0.25) is 0 Å². The summed E-state index contributed by atoms with van der Waals surface area (Å²) in [6.45, 7) is 6.19. The average Bonchev–Trinajstić information content (AvgIpc) is 3.52. The molecule has 0 aliphatic heterocycles. The topological polar surface area (TPSA) is 146 Å². The highest BCUT2D eigenvalue weighted by Gasteiger charge is 2.36. The Kier molecular flexibility index (Phi) is 7.86. The number of aliphatic hydroxyl groups is 1. The third kappa shape index (κ3) is 4.77. The maximum Gasteiger partial charge on any atom is 0.333 e. The van der Waals surface area contributed by atoms with E-state index in [9.17, 15) is 24.6 Å². The molecule has 0 spiro atoms. The molecule has 0 saturated heterocycles. The lowest BCUT2D eigenvalue weighted by Gasteiger charge is -2.25. The van der Waals surface area contributed by atoms with Gasteiger partial charge in [0.2, 0.25) is 5.89 Å². The number of ether oxygens (including phenoxy) is 2. The fourth-order valence-electron chi connectivity index (χ4n) is 4.27. The normalized spacial score (nSPS) is 12.7. The first kappa shape index (κ1) is 27.3. The number of aliphatic carboxylic acids is 1. The van der Waals surface area contributed by atoms with E-state index in [4.69, 9.17) is 13.9 Å². The molecule has 3 aromatic heterocycles. The van der Waals surface area contributed by atoms with Gasteiger partial charge in [-0.15, -0.1) is 11.3 Å². The Bertz CT molecular complexity index is 1570. The first-order chi connectivity index (χ1) is 18.1. The van der Waals surface area contributed by atoms with Crippen molar-refractivity contribution in [3.05, 3.63) is 68.7 Å². The number of fused-ring (bicyclic) bond motifs is 1. The van der Waals surface area contributed by atoms with Crippen LogP contribution in [0.15, 0.2) is 50.7 Å². The van der Waals surface area contributed by atoms with Gasteiger partial charge in [0.25, 0.3) is 5.56 Å². The Morgan fingerprint density at radius 3 is 2.63 bits per heavy atom. The van der Waals surface area contributed by atoms with Gasteiger partial charge in [-0.2, -0.15) is 0 Å². The van der Waals surface area contributed by atoms with Crippen molar-refractivity contribution in [2.24, 2.45) is 0 Å². The van der Waals surface area contributed by atoms with Gasteiger partial charge in [-0.25, -0.2) is 19.1 Å². The summed E-state index contributed by atoms with van der Waals surface area (Å²) in [4.78, 5) is 44.8. The highest BCUT2D eigenvalue weighted by molar-refractivity contribution is 7.22. The standard InChI is InChI=1S/C26H29N3O8S/c1-5-35-17-9-7-6-8-16(17)18(36-13-11-30)14-28-23-19(15(2)20(38-23)21-27-10-12-37-21)22(31)29(25(28)34)26(3,4)24(32)33/h6-10,12,18,30H,5,11,13-14H2,1-4H3,(H,32,33)/t18-/m0/s1. The number of nitrogens with zero attached hydrogens (tertiary/aromatic N) is 3. The number of hydrogen-bond donors (Lipinski definition) is 2. The number of rotatable bonds is 11. The molecule has 11 nitrogen and oxygen atoms in total. The van der Waals surface area contributed by atoms with Gasteiger partial charge < -0.3 is 24.1 Å². The number of carboxylic acid groups (broad SMARTS) is 1. The second kappa shape index (κ2) is 10.9. The summed E-state index contributed by atoms with van der Waals surface area (Å²) in [5.74, 6) is -0.511. The van der Waals surface area contributed by atoms with Crippen molar-refractivity contribution in [3.63, 3.8) is 0 Å². The Hall–Kier alpha value is -3.74. The molecule has 4 rings (SSSR count). The summed E-state index contributed by atoms with van der Waals surface area (Å²) >= 11 is 1.15. The van der Waals surface area contributed by atoms with Gasteiger partial charge in [0.05, 0.1) is 42.8 Å². The molecule has 0 fully saturated rings. The van der Waals surface area contributed by atoms with Crippen LogP contribution in [-0.2, 0) is 21.6 Å². The van der Waals surface area contributed by atoms with Gasteiger partial charge in [0, 0.05) is 5.56 Å². The summed E-state index contributed by atoms with van der Waals surface area (Å²) in [5.41, 5.74) is -2.21. The highest BCUT2D eigenvalue weighted by Crippen LogP contribution is 2.37. The van der Waals surface area contributed by atoms with Crippen molar-refractivity contribution in [3.8, 4) is 16.5 Å². The first-order valence-corrected chi connectivity index (χ1v) is 12.8. The number of para-hydroxylation sites is 1. The van der Waals surface area contributed by atoms with Crippen LogP contribution < -0.4 is 16.0 Å². The monoisotopic (exact) mass is 543 g/mol. The maximum atomic E-state index is 13.9. The maximum absolute atomic E-state index is 13.9. The van der Waals surface area contributed by atoms with Gasteiger partial charge >= 0.3 is 11.7 Å². The van der Waals surface area contributed by atoms with Gasteiger partial charge in [-0.1, -0.05) is 18.2 Å². The molecule has 0 amide bonds. The van der Waals surface area contributed by atoms with E-state index in [-0.39, 0.29) is 31.0 Å². The predicted molar refractivity (Wildman–Crippen MR) is 141 cm³/mol. The van der Waals surface area contributed by atoms with Crippen LogP contribution in [0.3, 0.4) is 0 Å². The molecular formula is C26H29N3O8S. The van der Waals surface area contributed by atoms with Crippen molar-refractivity contribution in [2.45, 2.75) is 45.9 Å². The summed E-state index contributed by atoms with van der Waals surface area (Å²) in [5, 5.41) is 19.6. The SMILES string of the molecule is CCOc1ccccc1[C@H](Cn1c(=O)n(C(C)(C)C(=O)O)c(=O)c2c(C)c(-c3ncco3)sc21)OCCO. The Balaban J connectivity index is 2.02. The van der Waals surface area contributed by atoms with E-state index in [1.54, 1.807) is 25.1 Å². The zero-order valence-electron chi connectivity index (χ0n) is 21.5. The number of hydrogen-bond acceptors (Lipinski definition) is 9. The van der Waals surface area contributed by atoms with Gasteiger partial charge in [-0.3, -0.25) is 9.36 Å². The van der Waals surface area contributed by atoms with E-state index >= 15 is 0 Å². The molecule has 0 radical (unpaired) electrons. The third-order valence-corrected chi connectivity index (χ3v) is 7.55. The molecule has 38 heavy (non-hydrogen) atoms. The number of aryl methyl sites for hydroxylation is 1. The van der Waals surface area contributed by atoms with Crippen LogP contribution in [0.25, 0.3) is 21.0 Å². The highest BCUT2D eigenvalue weighted by atomic mass is 32.1. The fraction of sp³-hybridized carbons (Fsp3) is 0.385. The third-order valence-electron chi connectivity index (χ3n) is 6.25. The summed E-state index contributed by atoms with van der Waals surface area (Å²) < 4.78 is 19.3. The van der Waals surface area contributed by atoms with E-state index in [1.807, 2.05) is 13.0 Å². The van der Waals surface area contributed by atoms with Crippen molar-refractivity contribution in [1.82, 2.24) is 14.1 Å². The van der Waals surface area contributed by atoms with Crippen molar-refractivity contribution < 1.29 is 28.9 Å². The van der Waals surface area contributed by atoms with Crippen molar-refractivity contribution in [2.75, 3.05) is 19.8 Å². The Morgan fingerprint density at radius 2 is 2.00 bits per heavy atom. The molecule has 0 unspecified atom stereocenters. The summed E-state index contributed by atoms with van der Waals surface area (Å²) in [6.07, 6.45) is 2.11.